The smallest absolute Gasteiger partial charge is 0.259 e. The molecule has 0 saturated carbocycles. The van der Waals surface area contributed by atoms with Crippen LogP contribution in [0.1, 0.15) is 17.5 Å². The van der Waals surface area contributed by atoms with Crippen LogP contribution in [0.15, 0.2) is 40.6 Å². The van der Waals surface area contributed by atoms with Gasteiger partial charge in [0.2, 0.25) is 0 Å². The molecule has 5 rings (SSSR count). The molecule has 0 unspecified atom stereocenters. The lowest BCUT2D eigenvalue weighted by molar-refractivity contribution is 0.141. The summed E-state index contributed by atoms with van der Waals surface area (Å²) in [7, 11) is 0. The summed E-state index contributed by atoms with van der Waals surface area (Å²) in [6, 6.07) is 8.21. The van der Waals surface area contributed by atoms with Gasteiger partial charge in [0, 0.05) is 43.4 Å². The van der Waals surface area contributed by atoms with E-state index in [1.54, 1.807) is 17.5 Å². The normalized spacial score (nSPS) is 15.6. The summed E-state index contributed by atoms with van der Waals surface area (Å²) in [5, 5.41) is 3.73. The van der Waals surface area contributed by atoms with Gasteiger partial charge in [-0.2, -0.15) is 0 Å². The Kier molecular flexibility index (Phi) is 5.33. The van der Waals surface area contributed by atoms with Crippen LogP contribution >= 0.6 is 11.3 Å². The first kappa shape index (κ1) is 19.4. The maximum Gasteiger partial charge on any atom is 0.259 e. The molecule has 1 aliphatic rings. The number of aromatic amines is 1. The van der Waals surface area contributed by atoms with Crippen molar-refractivity contribution in [3.05, 3.63) is 57.3 Å². The molecular weight excluding hydrogens is 396 g/mol. The van der Waals surface area contributed by atoms with Crippen molar-refractivity contribution in [3.8, 4) is 11.4 Å². The molecule has 3 aromatic heterocycles. The van der Waals surface area contributed by atoms with Gasteiger partial charge < -0.3 is 14.6 Å². The first-order valence-corrected chi connectivity index (χ1v) is 11.2. The Morgan fingerprint density at radius 3 is 3.10 bits per heavy atom. The lowest BCUT2D eigenvalue weighted by atomic mass is 10.0. The fourth-order valence-electron chi connectivity index (χ4n) is 4.07. The summed E-state index contributed by atoms with van der Waals surface area (Å²) >= 11 is 1.60. The number of rotatable bonds is 4. The van der Waals surface area contributed by atoms with Crippen molar-refractivity contribution in [2.45, 2.75) is 19.8 Å². The molecule has 0 spiro atoms. The first-order valence-electron chi connectivity index (χ1n) is 10.3. The van der Waals surface area contributed by atoms with Crippen LogP contribution in [0.4, 0.5) is 0 Å². The van der Waals surface area contributed by atoms with E-state index >= 15 is 0 Å². The van der Waals surface area contributed by atoms with Gasteiger partial charge >= 0.3 is 0 Å². The van der Waals surface area contributed by atoms with Crippen molar-refractivity contribution in [1.29, 1.82) is 0 Å². The van der Waals surface area contributed by atoms with Crippen molar-refractivity contribution in [3.63, 3.8) is 0 Å². The Balaban J connectivity index is 1.45. The zero-order valence-corrected chi connectivity index (χ0v) is 17.8. The molecule has 154 valence electrons. The van der Waals surface area contributed by atoms with Crippen LogP contribution in [0.2, 0.25) is 0 Å². The van der Waals surface area contributed by atoms with E-state index in [-0.39, 0.29) is 5.56 Å². The summed E-state index contributed by atoms with van der Waals surface area (Å²) < 4.78 is 5.54. The van der Waals surface area contributed by atoms with Crippen LogP contribution in [-0.2, 0) is 11.2 Å². The van der Waals surface area contributed by atoms with Gasteiger partial charge in [-0.1, -0.05) is 6.07 Å². The fourth-order valence-corrected chi connectivity index (χ4v) is 4.79. The third-order valence-corrected chi connectivity index (χ3v) is 6.51. The van der Waals surface area contributed by atoms with E-state index in [4.69, 9.17) is 9.72 Å². The second-order valence-corrected chi connectivity index (χ2v) is 8.71. The summed E-state index contributed by atoms with van der Waals surface area (Å²) in [6.07, 6.45) is 3.77. The van der Waals surface area contributed by atoms with Gasteiger partial charge in [0.1, 0.15) is 10.7 Å². The third-order valence-electron chi connectivity index (χ3n) is 5.67. The van der Waals surface area contributed by atoms with Crippen LogP contribution in [0.5, 0.6) is 0 Å². The number of thiophene rings is 1. The number of hydrogen-bond donors (Lipinski definition) is 1. The summed E-state index contributed by atoms with van der Waals surface area (Å²) in [4.78, 5) is 28.5. The Morgan fingerprint density at radius 2 is 2.17 bits per heavy atom. The molecule has 1 fully saturated rings. The molecule has 0 aliphatic carbocycles. The molecule has 0 bridgehead atoms. The lowest BCUT2D eigenvalue weighted by Gasteiger charge is -2.19. The van der Waals surface area contributed by atoms with E-state index in [0.29, 0.717) is 11.2 Å². The lowest BCUT2D eigenvalue weighted by Crippen LogP contribution is -2.28. The molecule has 0 amide bonds. The van der Waals surface area contributed by atoms with Gasteiger partial charge in [0.05, 0.1) is 17.5 Å². The molecule has 6 nitrogen and oxygen atoms in total. The average Bonchev–Trinajstić information content (AvgIpc) is 3.06. The second-order valence-electron chi connectivity index (χ2n) is 7.82. The van der Waals surface area contributed by atoms with Gasteiger partial charge in [0.15, 0.2) is 0 Å². The number of hydrogen-bond acceptors (Lipinski definition) is 6. The number of pyridine rings is 1. The molecular formula is C23H24N4O2S. The maximum atomic E-state index is 12.9. The molecule has 7 heteroatoms. The number of fused-ring (bicyclic) bond motifs is 2. The van der Waals surface area contributed by atoms with E-state index in [9.17, 15) is 4.79 Å². The zero-order chi connectivity index (χ0) is 20.5. The van der Waals surface area contributed by atoms with Gasteiger partial charge in [-0.3, -0.25) is 4.79 Å². The van der Waals surface area contributed by atoms with Crippen molar-refractivity contribution in [2.24, 2.45) is 0 Å². The van der Waals surface area contributed by atoms with E-state index in [1.807, 2.05) is 30.5 Å². The van der Waals surface area contributed by atoms with Crippen molar-refractivity contribution in [1.82, 2.24) is 19.9 Å². The molecule has 0 atom stereocenters. The Hall–Kier alpha value is -2.61. The van der Waals surface area contributed by atoms with Crippen LogP contribution in [-0.4, -0.2) is 52.7 Å². The highest BCUT2D eigenvalue weighted by atomic mass is 32.1. The van der Waals surface area contributed by atoms with Gasteiger partial charge in [-0.25, -0.2) is 9.97 Å². The van der Waals surface area contributed by atoms with Crippen molar-refractivity contribution < 1.29 is 4.74 Å². The van der Waals surface area contributed by atoms with E-state index in [0.717, 1.165) is 72.5 Å². The van der Waals surface area contributed by atoms with Crippen molar-refractivity contribution in [2.75, 3.05) is 32.8 Å². The summed E-state index contributed by atoms with van der Waals surface area (Å²) in [5.41, 5.74) is 3.68. The molecule has 1 N–H and O–H groups in total. The minimum atomic E-state index is -0.103. The highest BCUT2D eigenvalue weighted by molar-refractivity contribution is 7.16. The average molecular weight is 421 g/mol. The highest BCUT2D eigenvalue weighted by Crippen LogP contribution is 2.25. The number of nitrogens with zero attached hydrogens (tertiary/aromatic N) is 3. The van der Waals surface area contributed by atoms with Gasteiger partial charge in [-0.15, -0.1) is 11.3 Å². The van der Waals surface area contributed by atoms with Crippen LogP contribution in [0.25, 0.3) is 32.5 Å². The minimum absolute atomic E-state index is 0.103. The molecule has 1 saturated heterocycles. The Labute approximate surface area is 178 Å². The predicted molar refractivity (Wildman–Crippen MR) is 121 cm³/mol. The van der Waals surface area contributed by atoms with Gasteiger partial charge in [-0.05, 0) is 54.5 Å². The quantitative estimate of drug-likeness (QED) is 0.544. The SMILES string of the molecule is Cc1cc(CCN2CCCOCC2)cc2c(=O)[nH]c(-c3cnc4sccc4c3)nc12. The monoisotopic (exact) mass is 420 g/mol. The number of H-pyrrole nitrogens is 1. The van der Waals surface area contributed by atoms with E-state index in [1.165, 1.54) is 5.56 Å². The molecule has 1 aromatic carbocycles. The van der Waals surface area contributed by atoms with E-state index < -0.39 is 0 Å². The molecule has 0 radical (unpaired) electrons. The number of aromatic nitrogens is 3. The predicted octanol–water partition coefficient (Wildman–Crippen LogP) is 3.77. The Bertz CT molecular complexity index is 1260. The standard InChI is InChI=1S/C23H24N4O2S/c1-15-11-16(3-6-27-5-2-8-29-9-7-27)12-19-20(15)25-21(26-22(19)28)18-13-17-4-10-30-23(17)24-14-18/h4,10-14H,2-3,5-9H2,1H3,(H,25,26,28). The van der Waals surface area contributed by atoms with Crippen molar-refractivity contribution >= 4 is 32.5 Å². The molecule has 1 aliphatic heterocycles. The third kappa shape index (κ3) is 3.88. The maximum absolute atomic E-state index is 12.9. The number of aryl methyl sites for hydroxylation is 1. The summed E-state index contributed by atoms with van der Waals surface area (Å²) in [6.45, 7) is 6.70. The molecule has 4 heterocycles. The topological polar surface area (TPSA) is 71.1 Å². The van der Waals surface area contributed by atoms with E-state index in [2.05, 4.69) is 20.9 Å². The Morgan fingerprint density at radius 1 is 1.23 bits per heavy atom. The number of benzene rings is 1. The van der Waals surface area contributed by atoms with Crippen LogP contribution < -0.4 is 5.56 Å². The second kappa shape index (κ2) is 8.26. The largest absolute Gasteiger partial charge is 0.380 e. The minimum Gasteiger partial charge on any atom is -0.380 e. The molecule has 4 aromatic rings. The first-order chi connectivity index (χ1) is 14.7. The fraction of sp³-hybridized carbons (Fsp3) is 0.348. The van der Waals surface area contributed by atoms with Crippen LogP contribution in [0, 0.1) is 6.92 Å². The van der Waals surface area contributed by atoms with Crippen LogP contribution in [0.3, 0.4) is 0 Å². The number of ether oxygens (including phenoxy) is 1. The zero-order valence-electron chi connectivity index (χ0n) is 17.0. The number of nitrogens with one attached hydrogen (secondary N) is 1. The summed E-state index contributed by atoms with van der Waals surface area (Å²) in [5.74, 6) is 0.563. The highest BCUT2D eigenvalue weighted by Gasteiger charge is 2.13. The molecule has 30 heavy (non-hydrogen) atoms. The van der Waals surface area contributed by atoms with Gasteiger partial charge in [0.25, 0.3) is 5.56 Å².